The molecule has 1 aromatic rings. The molecule has 6 nitrogen and oxygen atoms in total. The Bertz CT molecular complexity index is 524. The summed E-state index contributed by atoms with van der Waals surface area (Å²) in [5.74, 6) is 0.370. The minimum Gasteiger partial charge on any atom is -0.347 e. The van der Waals surface area contributed by atoms with Crippen molar-refractivity contribution in [1.29, 1.82) is 0 Å². The van der Waals surface area contributed by atoms with Crippen molar-refractivity contribution in [1.82, 2.24) is 15.3 Å². The molecule has 0 spiro atoms. The molecule has 106 valence electrons. The molecule has 1 aliphatic rings. The Labute approximate surface area is 112 Å². The first kappa shape index (κ1) is 14.0. The van der Waals surface area contributed by atoms with Crippen LogP contribution < -0.4 is 5.32 Å². The summed E-state index contributed by atoms with van der Waals surface area (Å²) in [6.07, 6.45) is 5.81. The van der Waals surface area contributed by atoms with Gasteiger partial charge in [0.15, 0.2) is 9.84 Å². The molecule has 1 aliphatic heterocycles. The zero-order chi connectivity index (χ0) is 13.9. The lowest BCUT2D eigenvalue weighted by molar-refractivity contribution is -0.121. The standard InChI is InChI=1S/C12H19N3O3S/c1-2-9(11-13-6-7-14-11)15-12(16)10-5-3-4-8-19(10,17)18/h6-7,9-10H,2-5,8H2,1H3,(H,13,14)(H,15,16). The summed E-state index contributed by atoms with van der Waals surface area (Å²) in [5.41, 5.74) is 0. The summed E-state index contributed by atoms with van der Waals surface area (Å²) in [4.78, 5) is 19.2. The van der Waals surface area contributed by atoms with Gasteiger partial charge < -0.3 is 10.3 Å². The monoisotopic (exact) mass is 285 g/mol. The van der Waals surface area contributed by atoms with E-state index in [1.807, 2.05) is 6.92 Å². The maximum absolute atomic E-state index is 12.1. The van der Waals surface area contributed by atoms with Gasteiger partial charge in [0, 0.05) is 12.4 Å². The molecule has 1 amide bonds. The molecule has 1 saturated heterocycles. The second kappa shape index (κ2) is 5.73. The average molecular weight is 285 g/mol. The van der Waals surface area contributed by atoms with E-state index in [1.54, 1.807) is 12.4 Å². The van der Waals surface area contributed by atoms with Gasteiger partial charge in [0.1, 0.15) is 11.1 Å². The van der Waals surface area contributed by atoms with Crippen LogP contribution >= 0.6 is 0 Å². The number of rotatable bonds is 4. The van der Waals surface area contributed by atoms with E-state index in [-0.39, 0.29) is 11.8 Å². The van der Waals surface area contributed by atoms with E-state index in [0.717, 1.165) is 6.42 Å². The molecule has 2 unspecified atom stereocenters. The van der Waals surface area contributed by atoms with Gasteiger partial charge in [-0.2, -0.15) is 0 Å². The van der Waals surface area contributed by atoms with E-state index in [9.17, 15) is 13.2 Å². The SMILES string of the molecule is CCC(NC(=O)C1CCCCS1(=O)=O)c1ncc[nH]1. The molecular formula is C12H19N3O3S. The first-order chi connectivity index (χ1) is 9.04. The number of carbonyl (C=O) groups is 1. The highest BCUT2D eigenvalue weighted by molar-refractivity contribution is 7.92. The van der Waals surface area contributed by atoms with E-state index in [2.05, 4.69) is 15.3 Å². The minimum atomic E-state index is -3.29. The van der Waals surface area contributed by atoms with Crippen molar-refractivity contribution in [2.45, 2.75) is 43.9 Å². The molecule has 0 bridgehead atoms. The number of sulfone groups is 1. The van der Waals surface area contributed by atoms with E-state index in [4.69, 9.17) is 0 Å². The molecule has 0 aromatic carbocycles. The summed E-state index contributed by atoms with van der Waals surface area (Å²) in [5, 5.41) is 1.88. The molecule has 7 heteroatoms. The van der Waals surface area contributed by atoms with E-state index in [1.165, 1.54) is 0 Å². The molecule has 2 rings (SSSR count). The van der Waals surface area contributed by atoms with E-state index >= 15 is 0 Å². The van der Waals surface area contributed by atoms with E-state index < -0.39 is 21.0 Å². The Hall–Kier alpha value is -1.37. The van der Waals surface area contributed by atoms with Gasteiger partial charge in [-0.25, -0.2) is 13.4 Å². The second-order valence-corrected chi connectivity index (χ2v) is 7.10. The third-order valence-corrected chi connectivity index (χ3v) is 5.62. The number of hydrogen-bond acceptors (Lipinski definition) is 4. The molecule has 0 saturated carbocycles. The Kier molecular flexibility index (Phi) is 4.24. The van der Waals surface area contributed by atoms with Gasteiger partial charge in [0.25, 0.3) is 0 Å². The van der Waals surface area contributed by atoms with Crippen LogP contribution in [0.1, 0.15) is 44.5 Å². The van der Waals surface area contributed by atoms with Crippen LogP contribution in [-0.4, -0.2) is 35.3 Å². The Morgan fingerprint density at radius 1 is 1.58 bits per heavy atom. The van der Waals surface area contributed by atoms with Crippen molar-refractivity contribution in [3.63, 3.8) is 0 Å². The Morgan fingerprint density at radius 3 is 2.95 bits per heavy atom. The number of nitrogens with zero attached hydrogens (tertiary/aromatic N) is 1. The lowest BCUT2D eigenvalue weighted by Gasteiger charge is -2.23. The fourth-order valence-electron chi connectivity index (χ4n) is 2.35. The van der Waals surface area contributed by atoms with Gasteiger partial charge >= 0.3 is 0 Å². The third-order valence-electron chi connectivity index (χ3n) is 3.45. The van der Waals surface area contributed by atoms with Crippen LogP contribution in [0.15, 0.2) is 12.4 Å². The molecule has 0 radical (unpaired) electrons. The minimum absolute atomic E-state index is 0.114. The maximum Gasteiger partial charge on any atom is 0.238 e. The van der Waals surface area contributed by atoms with Crippen molar-refractivity contribution in [2.75, 3.05) is 5.75 Å². The number of H-pyrrole nitrogens is 1. The molecule has 2 heterocycles. The highest BCUT2D eigenvalue weighted by Gasteiger charge is 2.35. The number of nitrogens with one attached hydrogen (secondary N) is 2. The van der Waals surface area contributed by atoms with Crippen LogP contribution in [0.3, 0.4) is 0 Å². The average Bonchev–Trinajstić information content (AvgIpc) is 2.88. The number of aromatic nitrogens is 2. The van der Waals surface area contributed by atoms with Gasteiger partial charge in [-0.1, -0.05) is 13.3 Å². The number of hydrogen-bond donors (Lipinski definition) is 2. The summed E-state index contributed by atoms with van der Waals surface area (Å²) in [7, 11) is -3.29. The van der Waals surface area contributed by atoms with Gasteiger partial charge in [0.05, 0.1) is 11.8 Å². The third kappa shape index (κ3) is 3.15. The fourth-order valence-corrected chi connectivity index (χ4v) is 4.16. The largest absolute Gasteiger partial charge is 0.347 e. The Morgan fingerprint density at radius 2 is 2.37 bits per heavy atom. The van der Waals surface area contributed by atoms with Crippen LogP contribution in [0.2, 0.25) is 0 Å². The first-order valence-electron chi connectivity index (χ1n) is 6.56. The van der Waals surface area contributed by atoms with Crippen LogP contribution in [-0.2, 0) is 14.6 Å². The van der Waals surface area contributed by atoms with Crippen LogP contribution in [0.4, 0.5) is 0 Å². The van der Waals surface area contributed by atoms with Crippen molar-refractivity contribution >= 4 is 15.7 Å². The predicted molar refractivity (Wildman–Crippen MR) is 71.2 cm³/mol. The Balaban J connectivity index is 2.07. The predicted octanol–water partition coefficient (Wildman–Crippen LogP) is 0.944. The second-order valence-electron chi connectivity index (χ2n) is 4.80. The van der Waals surface area contributed by atoms with E-state index in [0.29, 0.717) is 25.1 Å². The fraction of sp³-hybridized carbons (Fsp3) is 0.667. The van der Waals surface area contributed by atoms with Crippen LogP contribution in [0.5, 0.6) is 0 Å². The molecule has 19 heavy (non-hydrogen) atoms. The summed E-state index contributed by atoms with van der Waals surface area (Å²) < 4.78 is 23.8. The number of carbonyl (C=O) groups excluding carboxylic acids is 1. The smallest absolute Gasteiger partial charge is 0.238 e. The quantitative estimate of drug-likeness (QED) is 0.861. The lowest BCUT2D eigenvalue weighted by Crippen LogP contribution is -2.44. The van der Waals surface area contributed by atoms with Gasteiger partial charge in [-0.05, 0) is 19.3 Å². The summed E-state index contributed by atoms with van der Waals surface area (Å²) in [6, 6.07) is -0.264. The number of aromatic amines is 1. The normalized spacial score (nSPS) is 23.7. The van der Waals surface area contributed by atoms with Gasteiger partial charge in [-0.15, -0.1) is 0 Å². The zero-order valence-electron chi connectivity index (χ0n) is 10.9. The molecule has 0 aliphatic carbocycles. The molecule has 2 N–H and O–H groups in total. The molecular weight excluding hydrogens is 266 g/mol. The number of imidazole rings is 1. The first-order valence-corrected chi connectivity index (χ1v) is 8.27. The zero-order valence-corrected chi connectivity index (χ0v) is 11.7. The van der Waals surface area contributed by atoms with Crippen LogP contribution in [0, 0.1) is 0 Å². The molecule has 1 aromatic heterocycles. The van der Waals surface area contributed by atoms with Crippen molar-refractivity contribution in [3.8, 4) is 0 Å². The van der Waals surface area contributed by atoms with Crippen molar-refractivity contribution in [2.24, 2.45) is 0 Å². The molecule has 2 atom stereocenters. The summed E-state index contributed by atoms with van der Waals surface area (Å²) in [6.45, 7) is 1.92. The van der Waals surface area contributed by atoms with Gasteiger partial charge in [0.2, 0.25) is 5.91 Å². The highest BCUT2D eigenvalue weighted by atomic mass is 32.2. The van der Waals surface area contributed by atoms with Crippen molar-refractivity contribution < 1.29 is 13.2 Å². The summed E-state index contributed by atoms with van der Waals surface area (Å²) >= 11 is 0. The van der Waals surface area contributed by atoms with Gasteiger partial charge in [-0.3, -0.25) is 4.79 Å². The molecule has 1 fully saturated rings. The highest BCUT2D eigenvalue weighted by Crippen LogP contribution is 2.21. The van der Waals surface area contributed by atoms with Crippen molar-refractivity contribution in [3.05, 3.63) is 18.2 Å². The topological polar surface area (TPSA) is 91.9 Å². The number of amides is 1. The lowest BCUT2D eigenvalue weighted by atomic mass is 10.1. The maximum atomic E-state index is 12.1. The van der Waals surface area contributed by atoms with Crippen LogP contribution in [0.25, 0.3) is 0 Å².